The summed E-state index contributed by atoms with van der Waals surface area (Å²) in [5.74, 6) is 0.520. The van der Waals surface area contributed by atoms with Gasteiger partial charge in [0, 0.05) is 37.8 Å². The normalized spacial score (nSPS) is 18.3. The number of carbonyl (C=O) groups excluding carboxylic acids is 2. The number of rotatable bonds is 5. The van der Waals surface area contributed by atoms with Crippen molar-refractivity contribution in [2.24, 2.45) is 5.92 Å². The van der Waals surface area contributed by atoms with Gasteiger partial charge in [-0.05, 0) is 49.4 Å². The van der Waals surface area contributed by atoms with Crippen LogP contribution in [0.2, 0.25) is 0 Å². The molecule has 1 heterocycles. The first-order chi connectivity index (χ1) is 14.0. The predicted molar refractivity (Wildman–Crippen MR) is 115 cm³/mol. The van der Waals surface area contributed by atoms with Crippen LogP contribution in [0.15, 0.2) is 48.5 Å². The van der Waals surface area contributed by atoms with Crippen molar-refractivity contribution >= 4 is 17.5 Å². The molecule has 4 rings (SSSR count). The molecule has 0 spiro atoms. The second-order valence-corrected chi connectivity index (χ2v) is 8.26. The molecule has 2 aromatic rings. The van der Waals surface area contributed by atoms with Crippen molar-refractivity contribution < 1.29 is 9.59 Å². The Morgan fingerprint density at radius 1 is 0.966 bits per heavy atom. The molecule has 0 radical (unpaired) electrons. The lowest BCUT2D eigenvalue weighted by molar-refractivity contribution is -0.135. The van der Waals surface area contributed by atoms with E-state index >= 15 is 0 Å². The summed E-state index contributed by atoms with van der Waals surface area (Å²) in [6.07, 6.45) is 2.06. The van der Waals surface area contributed by atoms with Crippen molar-refractivity contribution in [3.63, 3.8) is 0 Å². The minimum atomic E-state index is -0.366. The molecule has 0 bridgehead atoms. The molecule has 1 saturated heterocycles. The Balaban J connectivity index is 1.52. The fourth-order valence-corrected chi connectivity index (χ4v) is 4.02. The third-order valence-electron chi connectivity index (χ3n) is 5.93. The third-order valence-corrected chi connectivity index (χ3v) is 5.93. The van der Waals surface area contributed by atoms with E-state index in [1.807, 2.05) is 61.2 Å². The van der Waals surface area contributed by atoms with Gasteiger partial charge in [-0.2, -0.15) is 0 Å². The maximum atomic E-state index is 13.4. The molecule has 2 aliphatic rings. The molecule has 1 N–H and O–H groups in total. The van der Waals surface area contributed by atoms with Gasteiger partial charge < -0.3 is 10.2 Å². The van der Waals surface area contributed by atoms with E-state index in [0.29, 0.717) is 32.1 Å². The van der Waals surface area contributed by atoms with E-state index in [1.54, 1.807) is 0 Å². The lowest BCUT2D eigenvalue weighted by Crippen LogP contribution is -2.52. The monoisotopic (exact) mass is 391 g/mol. The minimum Gasteiger partial charge on any atom is -0.340 e. The van der Waals surface area contributed by atoms with Gasteiger partial charge in [-0.1, -0.05) is 42.5 Å². The van der Waals surface area contributed by atoms with Gasteiger partial charge in [-0.15, -0.1) is 0 Å². The zero-order valence-corrected chi connectivity index (χ0v) is 17.2. The highest BCUT2D eigenvalue weighted by atomic mass is 16.2. The summed E-state index contributed by atoms with van der Waals surface area (Å²) in [6.45, 7) is 6.83. The largest absolute Gasteiger partial charge is 0.340 e. The molecule has 1 saturated carbocycles. The molecule has 5 heteroatoms. The number of benzene rings is 2. The first-order valence-corrected chi connectivity index (χ1v) is 10.5. The van der Waals surface area contributed by atoms with E-state index in [2.05, 4.69) is 16.3 Å². The SMILES string of the molecule is Cc1ccc(C)c(NC(=O)[C@@H](c2ccccc2)N2CCN(C(=O)C3CC3)CC2)c1. The van der Waals surface area contributed by atoms with Crippen LogP contribution in [0.3, 0.4) is 0 Å². The van der Waals surface area contributed by atoms with E-state index in [9.17, 15) is 9.59 Å². The van der Waals surface area contributed by atoms with E-state index in [-0.39, 0.29) is 17.9 Å². The van der Waals surface area contributed by atoms with Crippen molar-refractivity contribution in [3.8, 4) is 0 Å². The Bertz CT molecular complexity index is 884. The maximum Gasteiger partial charge on any atom is 0.246 e. The van der Waals surface area contributed by atoms with Crippen molar-refractivity contribution in [1.29, 1.82) is 0 Å². The van der Waals surface area contributed by atoms with Gasteiger partial charge in [-0.25, -0.2) is 0 Å². The summed E-state index contributed by atoms with van der Waals surface area (Å²) >= 11 is 0. The third kappa shape index (κ3) is 4.51. The van der Waals surface area contributed by atoms with E-state index in [0.717, 1.165) is 35.2 Å². The highest BCUT2D eigenvalue weighted by Crippen LogP contribution is 2.32. The molecule has 152 valence electrons. The number of anilines is 1. The van der Waals surface area contributed by atoms with Gasteiger partial charge in [0.05, 0.1) is 0 Å². The van der Waals surface area contributed by atoms with E-state index in [4.69, 9.17) is 0 Å². The molecule has 0 aromatic heterocycles. The first kappa shape index (κ1) is 19.6. The standard InChI is InChI=1S/C24H29N3O2/c1-17-8-9-18(2)21(16-17)25-23(28)22(19-6-4-3-5-7-19)26-12-14-27(15-13-26)24(29)20-10-11-20/h3-9,16,20,22H,10-15H2,1-2H3,(H,25,28)/t22-/m1/s1. The predicted octanol–water partition coefficient (Wildman–Crippen LogP) is 3.54. The van der Waals surface area contributed by atoms with E-state index in [1.165, 1.54) is 0 Å². The van der Waals surface area contributed by atoms with Crippen LogP contribution in [0, 0.1) is 19.8 Å². The number of amides is 2. The number of carbonyl (C=O) groups is 2. The Hall–Kier alpha value is -2.66. The van der Waals surface area contributed by atoms with Crippen molar-refractivity contribution in [2.75, 3.05) is 31.5 Å². The molecule has 29 heavy (non-hydrogen) atoms. The summed E-state index contributed by atoms with van der Waals surface area (Å²) in [6, 6.07) is 15.7. The molecule has 5 nitrogen and oxygen atoms in total. The zero-order valence-electron chi connectivity index (χ0n) is 17.2. The molecule has 1 atom stereocenters. The molecule has 2 amide bonds. The van der Waals surface area contributed by atoms with Crippen molar-refractivity contribution in [3.05, 3.63) is 65.2 Å². The lowest BCUT2D eigenvalue weighted by atomic mass is 10.0. The summed E-state index contributed by atoms with van der Waals surface area (Å²) in [5.41, 5.74) is 4.01. The number of aryl methyl sites for hydroxylation is 2. The summed E-state index contributed by atoms with van der Waals surface area (Å²) in [4.78, 5) is 29.9. The molecule has 1 aliphatic heterocycles. The van der Waals surface area contributed by atoms with Gasteiger partial charge in [0.2, 0.25) is 11.8 Å². The average Bonchev–Trinajstić information content (AvgIpc) is 3.57. The number of piperazine rings is 1. The molecular weight excluding hydrogens is 362 g/mol. The smallest absolute Gasteiger partial charge is 0.246 e. The van der Waals surface area contributed by atoms with Crippen molar-refractivity contribution in [1.82, 2.24) is 9.80 Å². The van der Waals surface area contributed by atoms with Gasteiger partial charge in [-0.3, -0.25) is 14.5 Å². The zero-order chi connectivity index (χ0) is 20.4. The number of hydrogen-bond donors (Lipinski definition) is 1. The van der Waals surface area contributed by atoms with Crippen LogP contribution >= 0.6 is 0 Å². The highest BCUT2D eigenvalue weighted by Gasteiger charge is 2.37. The van der Waals surface area contributed by atoms with Gasteiger partial charge >= 0.3 is 0 Å². The molecule has 2 aromatic carbocycles. The van der Waals surface area contributed by atoms with Crippen LogP contribution in [0.1, 0.15) is 35.6 Å². The van der Waals surface area contributed by atoms with Crippen LogP contribution in [-0.4, -0.2) is 47.8 Å². The number of nitrogens with zero attached hydrogens (tertiary/aromatic N) is 2. The van der Waals surface area contributed by atoms with Crippen LogP contribution in [-0.2, 0) is 9.59 Å². The molecule has 1 aliphatic carbocycles. The van der Waals surface area contributed by atoms with Crippen LogP contribution in [0.4, 0.5) is 5.69 Å². The second-order valence-electron chi connectivity index (χ2n) is 8.26. The van der Waals surface area contributed by atoms with E-state index < -0.39 is 0 Å². The quantitative estimate of drug-likeness (QED) is 0.848. The van der Waals surface area contributed by atoms with Gasteiger partial charge in [0.15, 0.2) is 0 Å². The first-order valence-electron chi connectivity index (χ1n) is 10.5. The highest BCUT2D eigenvalue weighted by molar-refractivity contribution is 5.96. The summed E-state index contributed by atoms with van der Waals surface area (Å²) < 4.78 is 0. The van der Waals surface area contributed by atoms with Crippen LogP contribution in [0.5, 0.6) is 0 Å². The lowest BCUT2D eigenvalue weighted by Gasteiger charge is -2.39. The molecular formula is C24H29N3O2. The second kappa shape index (κ2) is 8.37. The Morgan fingerprint density at radius 2 is 1.66 bits per heavy atom. The Labute approximate surface area is 172 Å². The molecule has 0 unspecified atom stereocenters. The van der Waals surface area contributed by atoms with Crippen LogP contribution < -0.4 is 5.32 Å². The number of nitrogens with one attached hydrogen (secondary N) is 1. The Morgan fingerprint density at radius 3 is 2.31 bits per heavy atom. The Kier molecular flexibility index (Phi) is 5.67. The molecule has 2 fully saturated rings. The topological polar surface area (TPSA) is 52.7 Å². The fraction of sp³-hybridized carbons (Fsp3) is 0.417. The number of hydrogen-bond acceptors (Lipinski definition) is 3. The average molecular weight is 392 g/mol. The van der Waals surface area contributed by atoms with Crippen LogP contribution in [0.25, 0.3) is 0 Å². The van der Waals surface area contributed by atoms with Crippen molar-refractivity contribution in [2.45, 2.75) is 32.7 Å². The maximum absolute atomic E-state index is 13.4. The van der Waals surface area contributed by atoms with Gasteiger partial charge in [0.1, 0.15) is 6.04 Å². The van der Waals surface area contributed by atoms with Gasteiger partial charge in [0.25, 0.3) is 0 Å². The summed E-state index contributed by atoms with van der Waals surface area (Å²) in [7, 11) is 0. The minimum absolute atomic E-state index is 0.0214. The fourth-order valence-electron chi connectivity index (χ4n) is 4.02. The summed E-state index contributed by atoms with van der Waals surface area (Å²) in [5, 5.41) is 3.15.